The number of nitrogens with zero attached hydrogens (tertiary/aromatic N) is 2. The van der Waals surface area contributed by atoms with E-state index in [0.29, 0.717) is 28.1 Å². The Morgan fingerprint density at radius 2 is 1.90 bits per heavy atom. The van der Waals surface area contributed by atoms with E-state index in [1.807, 2.05) is 37.3 Å². The molecule has 1 unspecified atom stereocenters. The first-order chi connectivity index (χ1) is 14.6. The SMILES string of the molecule is COc1cccc(C2c3c(oc4ccc(C)cc4c3=O)C(=O)N2c2ccccn2)c1. The Kier molecular flexibility index (Phi) is 4.13. The molecule has 5 rings (SSSR count). The lowest BCUT2D eigenvalue weighted by Crippen LogP contribution is -2.30. The van der Waals surface area contributed by atoms with Crippen LogP contribution in [-0.4, -0.2) is 18.0 Å². The minimum Gasteiger partial charge on any atom is -0.497 e. The topological polar surface area (TPSA) is 72.6 Å². The molecule has 6 nitrogen and oxygen atoms in total. The van der Waals surface area contributed by atoms with Crippen molar-refractivity contribution in [2.24, 2.45) is 0 Å². The summed E-state index contributed by atoms with van der Waals surface area (Å²) < 4.78 is 11.3. The quantitative estimate of drug-likeness (QED) is 0.516. The molecule has 0 bridgehead atoms. The fourth-order valence-electron chi connectivity index (χ4n) is 3.95. The van der Waals surface area contributed by atoms with Gasteiger partial charge in [0.1, 0.15) is 17.2 Å². The van der Waals surface area contributed by atoms with E-state index in [1.54, 1.807) is 43.6 Å². The van der Waals surface area contributed by atoms with Crippen LogP contribution in [0.2, 0.25) is 0 Å². The molecule has 1 atom stereocenters. The predicted octanol–water partition coefficient (Wildman–Crippen LogP) is 4.25. The second kappa shape index (κ2) is 6.84. The number of amides is 1. The molecule has 0 fully saturated rings. The number of aryl methyl sites for hydroxylation is 1. The van der Waals surface area contributed by atoms with Gasteiger partial charge in [-0.05, 0) is 48.9 Å². The van der Waals surface area contributed by atoms with Gasteiger partial charge in [0.15, 0.2) is 5.43 Å². The predicted molar refractivity (Wildman–Crippen MR) is 113 cm³/mol. The van der Waals surface area contributed by atoms with Crippen molar-refractivity contribution >= 4 is 22.7 Å². The second-order valence-electron chi connectivity index (χ2n) is 7.22. The molecule has 0 saturated carbocycles. The highest BCUT2D eigenvalue weighted by molar-refractivity contribution is 6.10. The maximum absolute atomic E-state index is 13.5. The molecular formula is C24H18N2O4. The first-order valence-corrected chi connectivity index (χ1v) is 9.54. The molecule has 0 spiro atoms. The Bertz CT molecular complexity index is 1340. The number of rotatable bonds is 3. The van der Waals surface area contributed by atoms with Crippen LogP contribution in [-0.2, 0) is 0 Å². The van der Waals surface area contributed by atoms with Gasteiger partial charge in [0.05, 0.1) is 24.1 Å². The van der Waals surface area contributed by atoms with E-state index in [-0.39, 0.29) is 11.2 Å². The van der Waals surface area contributed by atoms with E-state index in [0.717, 1.165) is 11.1 Å². The smallest absolute Gasteiger partial charge is 0.296 e. The van der Waals surface area contributed by atoms with Gasteiger partial charge in [0, 0.05) is 6.20 Å². The molecule has 30 heavy (non-hydrogen) atoms. The Labute approximate surface area is 172 Å². The van der Waals surface area contributed by atoms with E-state index in [4.69, 9.17) is 9.15 Å². The maximum atomic E-state index is 13.5. The van der Waals surface area contributed by atoms with Crippen LogP contribution in [0.4, 0.5) is 5.82 Å². The molecule has 4 aromatic rings. The number of carbonyl (C=O) groups is 1. The van der Waals surface area contributed by atoms with Gasteiger partial charge in [-0.2, -0.15) is 0 Å². The van der Waals surface area contributed by atoms with Gasteiger partial charge in [0.25, 0.3) is 5.91 Å². The van der Waals surface area contributed by atoms with Gasteiger partial charge in [-0.15, -0.1) is 0 Å². The number of hydrogen-bond donors (Lipinski definition) is 0. The molecule has 1 amide bonds. The summed E-state index contributed by atoms with van der Waals surface area (Å²) in [5.41, 5.74) is 2.18. The van der Waals surface area contributed by atoms with E-state index in [9.17, 15) is 9.59 Å². The van der Waals surface area contributed by atoms with Crippen molar-refractivity contribution < 1.29 is 13.9 Å². The number of anilines is 1. The Morgan fingerprint density at radius 1 is 1.03 bits per heavy atom. The monoisotopic (exact) mass is 398 g/mol. The molecule has 2 aromatic carbocycles. The Hall–Kier alpha value is -3.93. The van der Waals surface area contributed by atoms with Crippen LogP contribution in [0.15, 0.2) is 76.1 Å². The zero-order valence-corrected chi connectivity index (χ0v) is 16.5. The molecule has 148 valence electrons. The number of pyridine rings is 1. The average molecular weight is 398 g/mol. The van der Waals surface area contributed by atoms with Crippen molar-refractivity contribution in [3.05, 3.63) is 99.5 Å². The molecule has 0 aliphatic carbocycles. The first-order valence-electron chi connectivity index (χ1n) is 9.54. The minimum atomic E-state index is -0.668. The Morgan fingerprint density at radius 3 is 2.67 bits per heavy atom. The van der Waals surface area contributed by atoms with Crippen LogP contribution >= 0.6 is 0 Å². The second-order valence-corrected chi connectivity index (χ2v) is 7.22. The first kappa shape index (κ1) is 18.1. The molecule has 6 heteroatoms. The summed E-state index contributed by atoms with van der Waals surface area (Å²) in [4.78, 5) is 32.8. The van der Waals surface area contributed by atoms with E-state index in [2.05, 4.69) is 4.98 Å². The van der Waals surface area contributed by atoms with Crippen molar-refractivity contribution in [3.63, 3.8) is 0 Å². The fourth-order valence-corrected chi connectivity index (χ4v) is 3.95. The lowest BCUT2D eigenvalue weighted by molar-refractivity contribution is 0.0970. The summed E-state index contributed by atoms with van der Waals surface area (Å²) in [7, 11) is 1.58. The number of hydrogen-bond acceptors (Lipinski definition) is 5. The van der Waals surface area contributed by atoms with Gasteiger partial charge in [-0.25, -0.2) is 4.98 Å². The summed E-state index contributed by atoms with van der Waals surface area (Å²) in [6, 6.07) is 17.4. The molecule has 3 heterocycles. The molecular weight excluding hydrogens is 380 g/mol. The summed E-state index contributed by atoms with van der Waals surface area (Å²) in [6.45, 7) is 1.91. The van der Waals surface area contributed by atoms with Crippen LogP contribution in [0.1, 0.15) is 33.3 Å². The van der Waals surface area contributed by atoms with Crippen LogP contribution in [0, 0.1) is 6.92 Å². The van der Waals surface area contributed by atoms with Gasteiger partial charge < -0.3 is 9.15 Å². The largest absolute Gasteiger partial charge is 0.497 e. The highest BCUT2D eigenvalue weighted by Gasteiger charge is 2.44. The Balaban J connectivity index is 1.83. The van der Waals surface area contributed by atoms with Crippen molar-refractivity contribution in [3.8, 4) is 5.75 Å². The van der Waals surface area contributed by atoms with Gasteiger partial charge in [-0.1, -0.05) is 29.8 Å². The van der Waals surface area contributed by atoms with Crippen molar-refractivity contribution in [1.82, 2.24) is 4.98 Å². The van der Waals surface area contributed by atoms with E-state index >= 15 is 0 Å². The third kappa shape index (κ3) is 2.69. The van der Waals surface area contributed by atoms with Gasteiger partial charge >= 0.3 is 0 Å². The fraction of sp³-hybridized carbons (Fsp3) is 0.125. The number of benzene rings is 2. The van der Waals surface area contributed by atoms with Gasteiger partial charge in [-0.3, -0.25) is 14.5 Å². The van der Waals surface area contributed by atoms with Crippen molar-refractivity contribution in [2.75, 3.05) is 12.0 Å². The van der Waals surface area contributed by atoms with Crippen LogP contribution in [0.3, 0.4) is 0 Å². The number of fused-ring (bicyclic) bond motifs is 2. The standard InChI is InChI=1S/C24H18N2O4/c1-14-9-10-18-17(12-14)22(27)20-21(15-6-5-7-16(13-15)29-2)26(24(28)23(20)30-18)19-8-3-4-11-25-19/h3-13,21H,1-2H3. The molecule has 1 aliphatic heterocycles. The van der Waals surface area contributed by atoms with Gasteiger partial charge in [0.2, 0.25) is 5.76 Å². The van der Waals surface area contributed by atoms with Crippen molar-refractivity contribution in [1.29, 1.82) is 0 Å². The van der Waals surface area contributed by atoms with E-state index in [1.165, 1.54) is 4.90 Å². The molecule has 0 radical (unpaired) electrons. The number of methoxy groups -OCH3 is 1. The zero-order valence-electron chi connectivity index (χ0n) is 16.5. The zero-order chi connectivity index (χ0) is 20.8. The normalized spacial score (nSPS) is 15.5. The summed E-state index contributed by atoms with van der Waals surface area (Å²) >= 11 is 0. The van der Waals surface area contributed by atoms with Crippen LogP contribution < -0.4 is 15.1 Å². The highest BCUT2D eigenvalue weighted by atomic mass is 16.5. The number of aromatic nitrogens is 1. The summed E-state index contributed by atoms with van der Waals surface area (Å²) in [5, 5.41) is 0.456. The molecule has 0 saturated heterocycles. The molecule has 2 aromatic heterocycles. The third-order valence-electron chi connectivity index (χ3n) is 5.33. The van der Waals surface area contributed by atoms with Crippen LogP contribution in [0.5, 0.6) is 5.75 Å². The number of ether oxygens (including phenoxy) is 1. The number of carbonyl (C=O) groups excluding carboxylic acids is 1. The molecule has 1 aliphatic rings. The third-order valence-corrected chi connectivity index (χ3v) is 5.33. The summed E-state index contributed by atoms with van der Waals surface area (Å²) in [5.74, 6) is 0.739. The average Bonchev–Trinajstić information content (AvgIpc) is 3.07. The highest BCUT2D eigenvalue weighted by Crippen LogP contribution is 2.41. The minimum absolute atomic E-state index is 0.0508. The summed E-state index contributed by atoms with van der Waals surface area (Å²) in [6.07, 6.45) is 1.61. The van der Waals surface area contributed by atoms with E-state index < -0.39 is 11.9 Å². The maximum Gasteiger partial charge on any atom is 0.296 e. The lowest BCUT2D eigenvalue weighted by Gasteiger charge is -2.24. The van der Waals surface area contributed by atoms with Crippen LogP contribution in [0.25, 0.3) is 11.0 Å². The molecule has 0 N–H and O–H groups in total. The lowest BCUT2D eigenvalue weighted by atomic mass is 9.98. The van der Waals surface area contributed by atoms with Crippen molar-refractivity contribution in [2.45, 2.75) is 13.0 Å².